The van der Waals surface area contributed by atoms with Crippen LogP contribution in [-0.4, -0.2) is 26.4 Å². The van der Waals surface area contributed by atoms with Crippen molar-refractivity contribution in [3.05, 3.63) is 33.9 Å². The molecule has 0 atom stereocenters. The Balaban J connectivity index is 3.01. The van der Waals surface area contributed by atoms with E-state index in [1.165, 1.54) is 12.1 Å². The maximum absolute atomic E-state index is 11.5. The summed E-state index contributed by atoms with van der Waals surface area (Å²) < 4.78 is 27.3. The molecule has 0 aromatic heterocycles. The number of rotatable bonds is 6. The zero-order chi connectivity index (χ0) is 13.8. The molecule has 0 saturated carbocycles. The molecule has 0 aliphatic carbocycles. The summed E-state index contributed by atoms with van der Waals surface area (Å²) in [5.41, 5.74) is 5.44. The normalized spacial score (nSPS) is 11.2. The fraction of sp³-hybridized carbons (Fsp3) is 0.333. The lowest BCUT2D eigenvalue weighted by atomic mass is 10.2. The average Bonchev–Trinajstić information content (AvgIpc) is 2.28. The van der Waals surface area contributed by atoms with Crippen molar-refractivity contribution in [1.82, 2.24) is 4.72 Å². The van der Waals surface area contributed by atoms with Crippen LogP contribution in [-0.2, 0) is 10.2 Å². The second kappa shape index (κ2) is 5.76. The number of aryl methyl sites for hydroxylation is 1. The van der Waals surface area contributed by atoms with Gasteiger partial charge in [0.2, 0.25) is 0 Å². The number of nitro benzene ring substituents is 1. The standard InChI is InChI=1S/C9H14N4O4S/c1-7-2-3-8(9(6-7)13(14)15)12-18(16,17)11-5-4-10/h2-3,6,11-12H,4-5,10H2,1H3. The smallest absolute Gasteiger partial charge is 0.299 e. The average molecular weight is 274 g/mol. The molecule has 0 fully saturated rings. The van der Waals surface area contributed by atoms with E-state index in [4.69, 9.17) is 5.73 Å². The summed E-state index contributed by atoms with van der Waals surface area (Å²) in [7, 11) is -3.85. The Morgan fingerprint density at radius 2 is 2.11 bits per heavy atom. The van der Waals surface area contributed by atoms with Crippen molar-refractivity contribution in [2.24, 2.45) is 5.73 Å². The molecule has 1 rings (SSSR count). The van der Waals surface area contributed by atoms with Gasteiger partial charge in [0.05, 0.1) is 4.92 Å². The van der Waals surface area contributed by atoms with Gasteiger partial charge in [-0.05, 0) is 18.6 Å². The highest BCUT2D eigenvalue weighted by atomic mass is 32.2. The van der Waals surface area contributed by atoms with E-state index in [-0.39, 0.29) is 24.5 Å². The van der Waals surface area contributed by atoms with Crippen molar-refractivity contribution in [1.29, 1.82) is 0 Å². The van der Waals surface area contributed by atoms with Gasteiger partial charge in [-0.2, -0.15) is 13.1 Å². The molecule has 18 heavy (non-hydrogen) atoms. The summed E-state index contributed by atoms with van der Waals surface area (Å²) in [5, 5.41) is 10.8. The van der Waals surface area contributed by atoms with Crippen LogP contribution in [0.5, 0.6) is 0 Å². The number of anilines is 1. The van der Waals surface area contributed by atoms with Gasteiger partial charge in [0, 0.05) is 19.2 Å². The van der Waals surface area contributed by atoms with Crippen LogP contribution >= 0.6 is 0 Å². The molecule has 0 spiro atoms. The number of nitro groups is 1. The van der Waals surface area contributed by atoms with Crippen LogP contribution in [0.4, 0.5) is 11.4 Å². The highest BCUT2D eigenvalue weighted by Crippen LogP contribution is 2.25. The summed E-state index contributed by atoms with van der Waals surface area (Å²) in [6.07, 6.45) is 0. The lowest BCUT2D eigenvalue weighted by Crippen LogP contribution is -2.34. The van der Waals surface area contributed by atoms with Crippen LogP contribution in [0.25, 0.3) is 0 Å². The van der Waals surface area contributed by atoms with Crippen LogP contribution in [0.1, 0.15) is 5.56 Å². The van der Waals surface area contributed by atoms with Gasteiger partial charge in [-0.15, -0.1) is 0 Å². The monoisotopic (exact) mass is 274 g/mol. The first-order valence-corrected chi connectivity index (χ1v) is 6.56. The van der Waals surface area contributed by atoms with E-state index in [9.17, 15) is 18.5 Å². The SMILES string of the molecule is Cc1ccc(NS(=O)(=O)NCCN)c([N+](=O)[O-])c1. The number of hydrogen-bond donors (Lipinski definition) is 3. The molecule has 1 aromatic carbocycles. The van der Waals surface area contributed by atoms with E-state index in [1.54, 1.807) is 13.0 Å². The first-order chi connectivity index (χ1) is 8.35. The lowest BCUT2D eigenvalue weighted by molar-refractivity contribution is -0.383. The van der Waals surface area contributed by atoms with Crippen molar-refractivity contribution in [3.8, 4) is 0 Å². The van der Waals surface area contributed by atoms with Crippen molar-refractivity contribution in [2.75, 3.05) is 17.8 Å². The Morgan fingerprint density at radius 1 is 1.44 bits per heavy atom. The zero-order valence-electron chi connectivity index (χ0n) is 9.71. The van der Waals surface area contributed by atoms with Gasteiger partial charge in [-0.25, -0.2) is 0 Å². The lowest BCUT2D eigenvalue weighted by Gasteiger charge is -2.09. The number of nitrogens with two attached hydrogens (primary N) is 1. The van der Waals surface area contributed by atoms with Gasteiger partial charge in [-0.1, -0.05) is 6.07 Å². The third kappa shape index (κ3) is 3.95. The number of hydrogen-bond acceptors (Lipinski definition) is 5. The molecular formula is C9H14N4O4S. The topological polar surface area (TPSA) is 127 Å². The largest absolute Gasteiger partial charge is 0.329 e. The molecule has 0 radical (unpaired) electrons. The maximum atomic E-state index is 11.5. The third-order valence-electron chi connectivity index (χ3n) is 2.03. The predicted octanol–water partition coefficient (Wildman–Crippen LogP) is 0.108. The first kappa shape index (κ1) is 14.4. The molecule has 9 heteroatoms. The number of nitrogens with zero attached hydrogens (tertiary/aromatic N) is 1. The van der Waals surface area contributed by atoms with E-state index < -0.39 is 15.1 Å². The van der Waals surface area contributed by atoms with Crippen LogP contribution in [0.3, 0.4) is 0 Å². The van der Waals surface area contributed by atoms with Crippen LogP contribution in [0.2, 0.25) is 0 Å². The second-order valence-electron chi connectivity index (χ2n) is 3.57. The summed E-state index contributed by atoms with van der Waals surface area (Å²) in [5.74, 6) is 0. The molecule has 0 aliphatic rings. The molecular weight excluding hydrogens is 260 g/mol. The van der Waals surface area contributed by atoms with Crippen LogP contribution in [0.15, 0.2) is 18.2 Å². The summed E-state index contributed by atoms with van der Waals surface area (Å²) in [4.78, 5) is 10.2. The van der Waals surface area contributed by atoms with E-state index in [0.717, 1.165) is 0 Å². The van der Waals surface area contributed by atoms with Crippen molar-refractivity contribution >= 4 is 21.6 Å². The second-order valence-corrected chi connectivity index (χ2v) is 5.07. The minimum Gasteiger partial charge on any atom is -0.329 e. The van der Waals surface area contributed by atoms with Gasteiger partial charge >= 0.3 is 0 Å². The van der Waals surface area contributed by atoms with Crippen molar-refractivity contribution in [3.63, 3.8) is 0 Å². The summed E-state index contributed by atoms with van der Waals surface area (Å²) in [6, 6.07) is 4.21. The van der Waals surface area contributed by atoms with Crippen molar-refractivity contribution in [2.45, 2.75) is 6.92 Å². The van der Waals surface area contributed by atoms with Crippen molar-refractivity contribution < 1.29 is 13.3 Å². The molecule has 100 valence electrons. The number of benzene rings is 1. The summed E-state index contributed by atoms with van der Waals surface area (Å²) >= 11 is 0. The molecule has 0 bridgehead atoms. The van der Waals surface area contributed by atoms with E-state index in [0.29, 0.717) is 5.56 Å². The maximum Gasteiger partial charge on any atom is 0.299 e. The van der Waals surface area contributed by atoms with Gasteiger partial charge in [0.15, 0.2) is 0 Å². The third-order valence-corrected chi connectivity index (χ3v) is 3.10. The minimum atomic E-state index is -3.85. The van der Waals surface area contributed by atoms with Gasteiger partial charge in [0.25, 0.3) is 15.9 Å². The molecule has 0 aliphatic heterocycles. The van der Waals surface area contributed by atoms with Gasteiger partial charge < -0.3 is 5.73 Å². The molecule has 0 saturated heterocycles. The molecule has 0 amide bonds. The molecule has 1 aromatic rings. The Morgan fingerprint density at radius 3 is 2.67 bits per heavy atom. The highest BCUT2D eigenvalue weighted by molar-refractivity contribution is 7.90. The van der Waals surface area contributed by atoms with E-state index in [2.05, 4.69) is 9.44 Å². The first-order valence-electron chi connectivity index (χ1n) is 5.08. The van der Waals surface area contributed by atoms with Gasteiger partial charge in [-0.3, -0.25) is 14.8 Å². The highest BCUT2D eigenvalue weighted by Gasteiger charge is 2.18. The Labute approximate surface area is 105 Å². The molecule has 0 unspecified atom stereocenters. The molecule has 4 N–H and O–H groups in total. The van der Waals surface area contributed by atoms with E-state index in [1.807, 2.05) is 0 Å². The number of nitrogens with one attached hydrogen (secondary N) is 2. The van der Waals surface area contributed by atoms with E-state index >= 15 is 0 Å². The van der Waals surface area contributed by atoms with Gasteiger partial charge in [0.1, 0.15) is 5.69 Å². The quantitative estimate of drug-likeness (QED) is 0.501. The zero-order valence-corrected chi connectivity index (χ0v) is 10.5. The Hall–Kier alpha value is -1.71. The summed E-state index contributed by atoms with van der Waals surface area (Å²) in [6.45, 7) is 1.86. The van der Waals surface area contributed by atoms with Crippen LogP contribution < -0.4 is 15.2 Å². The fourth-order valence-corrected chi connectivity index (χ4v) is 2.17. The molecule has 8 nitrogen and oxygen atoms in total. The Kier molecular flexibility index (Phi) is 4.59. The minimum absolute atomic E-state index is 0.0506. The Bertz CT molecular complexity index is 543. The predicted molar refractivity (Wildman–Crippen MR) is 67.4 cm³/mol. The fourth-order valence-electron chi connectivity index (χ4n) is 1.25. The molecule has 0 heterocycles. The van der Waals surface area contributed by atoms with Crippen LogP contribution in [0, 0.1) is 17.0 Å².